The number of nitrogens with one attached hydrogen (secondary N) is 1. The third kappa shape index (κ3) is 8.26. The lowest BCUT2D eigenvalue weighted by Crippen LogP contribution is -2.35. The van der Waals surface area contributed by atoms with E-state index in [-0.39, 0.29) is 19.4 Å². The third-order valence-corrected chi connectivity index (χ3v) is 1.70. The number of carbonyl (C=O) groups excluding carboxylic acids is 3. The lowest BCUT2D eigenvalue weighted by Gasteiger charge is -2.19. The van der Waals surface area contributed by atoms with Gasteiger partial charge < -0.3 is 15.2 Å². The fraction of sp³-hybridized carbons (Fsp3) is 0.636. The fourth-order valence-electron chi connectivity index (χ4n) is 0.933. The molecule has 0 saturated heterocycles. The molecule has 0 aromatic carbocycles. The molecular weight excluding hydrogens is 242 g/mol. The van der Waals surface area contributed by atoms with E-state index >= 15 is 0 Å². The highest BCUT2D eigenvalue weighted by Crippen LogP contribution is 2.06. The molecule has 0 unspecified atom stereocenters. The quantitative estimate of drug-likeness (QED) is 0.673. The van der Waals surface area contributed by atoms with Crippen LogP contribution in [0.15, 0.2) is 0 Å². The maximum absolute atomic E-state index is 11.2. The minimum atomic E-state index is -1.57. The van der Waals surface area contributed by atoms with Gasteiger partial charge in [-0.15, -0.1) is 0 Å². The molecule has 0 spiro atoms. The number of rotatable bonds is 6. The molecule has 18 heavy (non-hydrogen) atoms. The number of hydrogen-bond donors (Lipinski definition) is 2. The van der Waals surface area contributed by atoms with E-state index in [1.807, 2.05) is 0 Å². The zero-order valence-corrected chi connectivity index (χ0v) is 10.6. The number of ether oxygens (including phenoxy) is 1. The average Bonchev–Trinajstić information content (AvgIpc) is 2.20. The van der Waals surface area contributed by atoms with Crippen molar-refractivity contribution < 1.29 is 29.0 Å². The number of amides is 1. The van der Waals surface area contributed by atoms with Gasteiger partial charge in [0.25, 0.3) is 0 Å². The molecule has 0 rings (SSSR count). The molecule has 0 aliphatic rings. The number of carbonyl (C=O) groups is 4. The van der Waals surface area contributed by atoms with Crippen molar-refractivity contribution in [3.8, 4) is 0 Å². The monoisotopic (exact) mass is 259 g/mol. The van der Waals surface area contributed by atoms with Crippen LogP contribution in [0.5, 0.6) is 0 Å². The molecule has 0 atom stereocenters. The predicted molar refractivity (Wildman–Crippen MR) is 61.1 cm³/mol. The Morgan fingerprint density at radius 1 is 1.11 bits per heavy atom. The maximum Gasteiger partial charge on any atom is 0.408 e. The van der Waals surface area contributed by atoms with Crippen LogP contribution in [0.3, 0.4) is 0 Å². The smallest absolute Gasteiger partial charge is 0.408 e. The van der Waals surface area contributed by atoms with Gasteiger partial charge in [0.15, 0.2) is 5.78 Å². The zero-order valence-electron chi connectivity index (χ0n) is 10.6. The highest BCUT2D eigenvalue weighted by Gasteiger charge is 2.17. The van der Waals surface area contributed by atoms with E-state index in [1.165, 1.54) is 0 Å². The highest BCUT2D eigenvalue weighted by atomic mass is 16.6. The Morgan fingerprint density at radius 3 is 2.11 bits per heavy atom. The standard InChI is InChI=1S/C11H17NO6/c1-11(2,3)18-10(17)12-6-7(13)4-5-8(14)9(15)16/h4-6H2,1-3H3,(H,12,17)(H,15,16). The van der Waals surface area contributed by atoms with Crippen LogP contribution in [-0.4, -0.2) is 40.9 Å². The Kier molecular flexibility index (Phi) is 6.01. The van der Waals surface area contributed by atoms with Crippen LogP contribution in [0.2, 0.25) is 0 Å². The lowest BCUT2D eigenvalue weighted by atomic mass is 10.1. The maximum atomic E-state index is 11.2. The summed E-state index contributed by atoms with van der Waals surface area (Å²) < 4.78 is 4.89. The van der Waals surface area contributed by atoms with Crippen LogP contribution in [-0.2, 0) is 19.1 Å². The van der Waals surface area contributed by atoms with Crippen LogP contribution in [0.25, 0.3) is 0 Å². The first-order chi connectivity index (χ1) is 8.11. The summed E-state index contributed by atoms with van der Waals surface area (Å²) in [4.78, 5) is 43.3. The van der Waals surface area contributed by atoms with Crippen molar-refractivity contribution in [3.63, 3.8) is 0 Å². The van der Waals surface area contributed by atoms with Gasteiger partial charge in [0.05, 0.1) is 6.54 Å². The van der Waals surface area contributed by atoms with Crippen LogP contribution in [0, 0.1) is 0 Å². The van der Waals surface area contributed by atoms with Gasteiger partial charge in [-0.3, -0.25) is 9.59 Å². The zero-order chi connectivity index (χ0) is 14.3. The molecule has 0 aliphatic carbocycles. The minimum absolute atomic E-state index is 0.221. The van der Waals surface area contributed by atoms with E-state index < -0.39 is 29.2 Å². The number of Topliss-reactive ketones (excluding diaryl/α,β-unsaturated/α-hetero) is 2. The first-order valence-corrected chi connectivity index (χ1v) is 5.36. The molecule has 0 bridgehead atoms. The molecule has 0 saturated carbocycles. The summed E-state index contributed by atoms with van der Waals surface area (Å²) in [6.45, 7) is 4.75. The van der Waals surface area contributed by atoms with Crippen molar-refractivity contribution in [3.05, 3.63) is 0 Å². The van der Waals surface area contributed by atoms with Crippen molar-refractivity contribution in [2.75, 3.05) is 6.54 Å². The summed E-state index contributed by atoms with van der Waals surface area (Å²) in [7, 11) is 0. The van der Waals surface area contributed by atoms with Crippen molar-refractivity contribution in [1.82, 2.24) is 5.32 Å². The Morgan fingerprint density at radius 2 is 1.67 bits per heavy atom. The summed E-state index contributed by atoms with van der Waals surface area (Å²) >= 11 is 0. The topological polar surface area (TPSA) is 110 Å². The van der Waals surface area contributed by atoms with E-state index in [9.17, 15) is 19.2 Å². The van der Waals surface area contributed by atoms with E-state index in [2.05, 4.69) is 5.32 Å². The molecule has 2 N–H and O–H groups in total. The average molecular weight is 259 g/mol. The Labute approximate surface area is 104 Å². The van der Waals surface area contributed by atoms with Gasteiger partial charge in [-0.2, -0.15) is 0 Å². The fourth-order valence-corrected chi connectivity index (χ4v) is 0.933. The third-order valence-electron chi connectivity index (χ3n) is 1.70. The molecule has 7 nitrogen and oxygen atoms in total. The van der Waals surface area contributed by atoms with Crippen LogP contribution in [0.1, 0.15) is 33.6 Å². The van der Waals surface area contributed by atoms with Crippen LogP contribution >= 0.6 is 0 Å². The second-order valence-corrected chi connectivity index (χ2v) is 4.62. The van der Waals surface area contributed by atoms with Gasteiger partial charge in [-0.25, -0.2) is 9.59 Å². The highest BCUT2D eigenvalue weighted by molar-refractivity contribution is 6.32. The molecule has 1 amide bonds. The normalized spacial score (nSPS) is 10.6. The van der Waals surface area contributed by atoms with E-state index in [0.29, 0.717) is 0 Å². The first kappa shape index (κ1) is 16.1. The van der Waals surface area contributed by atoms with Crippen molar-refractivity contribution in [1.29, 1.82) is 0 Å². The van der Waals surface area contributed by atoms with Gasteiger partial charge in [-0.05, 0) is 20.8 Å². The van der Waals surface area contributed by atoms with E-state index in [0.717, 1.165) is 0 Å². The van der Waals surface area contributed by atoms with Gasteiger partial charge in [-0.1, -0.05) is 0 Å². The number of ketones is 2. The summed E-state index contributed by atoms with van der Waals surface area (Å²) in [5.41, 5.74) is -0.660. The number of aliphatic carboxylic acids is 1. The molecule has 0 aliphatic heterocycles. The summed E-state index contributed by atoms with van der Waals surface area (Å²) in [5, 5.41) is 10.5. The predicted octanol–water partition coefficient (Wildman–Crippen LogP) is 0.514. The molecule has 0 radical (unpaired) electrons. The van der Waals surface area contributed by atoms with Crippen molar-refractivity contribution in [2.24, 2.45) is 0 Å². The van der Waals surface area contributed by atoms with Crippen LogP contribution in [0.4, 0.5) is 4.79 Å². The Hall–Kier alpha value is -1.92. The second kappa shape index (κ2) is 6.73. The van der Waals surface area contributed by atoms with Gasteiger partial charge >= 0.3 is 12.1 Å². The van der Waals surface area contributed by atoms with Gasteiger partial charge in [0.1, 0.15) is 5.60 Å². The molecular formula is C11H17NO6. The minimum Gasteiger partial charge on any atom is -0.476 e. The van der Waals surface area contributed by atoms with E-state index in [4.69, 9.17) is 9.84 Å². The number of carboxylic acid groups (broad SMARTS) is 1. The van der Waals surface area contributed by atoms with Crippen molar-refractivity contribution >= 4 is 23.6 Å². The second-order valence-electron chi connectivity index (χ2n) is 4.62. The Bertz CT molecular complexity index is 355. The number of hydrogen-bond acceptors (Lipinski definition) is 5. The van der Waals surface area contributed by atoms with E-state index in [1.54, 1.807) is 20.8 Å². The molecule has 102 valence electrons. The molecule has 0 heterocycles. The number of alkyl carbamates (subject to hydrolysis) is 1. The van der Waals surface area contributed by atoms with Crippen LogP contribution < -0.4 is 5.32 Å². The Balaban J connectivity index is 3.88. The summed E-state index contributed by atoms with van der Waals surface area (Å²) in [5.74, 6) is -3.03. The largest absolute Gasteiger partial charge is 0.476 e. The molecule has 0 aromatic heterocycles. The molecule has 0 fully saturated rings. The SMILES string of the molecule is CC(C)(C)OC(=O)NCC(=O)CCC(=O)C(=O)O. The molecule has 0 aromatic rings. The first-order valence-electron chi connectivity index (χ1n) is 5.36. The summed E-state index contributed by atoms with van der Waals surface area (Å²) in [6, 6.07) is 0. The lowest BCUT2D eigenvalue weighted by molar-refractivity contribution is -0.149. The summed E-state index contributed by atoms with van der Waals surface area (Å²) in [6.07, 6.45) is -1.33. The molecule has 7 heteroatoms. The van der Waals surface area contributed by atoms with Gasteiger partial charge in [0.2, 0.25) is 5.78 Å². The van der Waals surface area contributed by atoms with Crippen molar-refractivity contribution in [2.45, 2.75) is 39.2 Å². The number of carboxylic acids is 1. The van der Waals surface area contributed by atoms with Gasteiger partial charge in [0, 0.05) is 12.8 Å².